The number of hydrogen-bond acceptors (Lipinski definition) is 3. The third kappa shape index (κ3) is 4.55. The van der Waals surface area contributed by atoms with E-state index in [1.807, 2.05) is 13.1 Å². The van der Waals surface area contributed by atoms with Gasteiger partial charge in [0.25, 0.3) is 0 Å². The van der Waals surface area contributed by atoms with Gasteiger partial charge in [0.2, 0.25) is 0 Å². The summed E-state index contributed by atoms with van der Waals surface area (Å²) in [4.78, 5) is 0. The van der Waals surface area contributed by atoms with Gasteiger partial charge in [0.05, 0.1) is 11.5 Å². The van der Waals surface area contributed by atoms with E-state index in [2.05, 4.69) is 31.3 Å². The minimum atomic E-state index is -3.01. The van der Waals surface area contributed by atoms with Crippen LogP contribution >= 0.6 is 0 Å². The normalized spacial score (nSPS) is 18.0. The Morgan fingerprint density at radius 1 is 1.19 bits per heavy atom. The fraction of sp³-hybridized carbons (Fsp3) is 0.647. The molecular weight excluding hydrogens is 282 g/mol. The second kappa shape index (κ2) is 6.93. The Hall–Kier alpha value is -0.870. The highest BCUT2D eigenvalue weighted by Gasteiger charge is 2.25. The van der Waals surface area contributed by atoms with Gasteiger partial charge < -0.3 is 5.32 Å². The lowest BCUT2D eigenvalue weighted by molar-refractivity contribution is 0.545. The summed E-state index contributed by atoms with van der Waals surface area (Å²) in [6, 6.07) is 6.09. The molecule has 1 aromatic carbocycles. The summed E-state index contributed by atoms with van der Waals surface area (Å²) in [5.41, 5.74) is 3.51. The average molecular weight is 309 g/mol. The first-order valence-electron chi connectivity index (χ1n) is 7.86. The molecule has 0 heterocycles. The van der Waals surface area contributed by atoms with Gasteiger partial charge in [-0.2, -0.15) is 0 Å². The van der Waals surface area contributed by atoms with Crippen LogP contribution in [0.3, 0.4) is 0 Å². The van der Waals surface area contributed by atoms with E-state index in [-0.39, 0.29) is 11.8 Å². The van der Waals surface area contributed by atoms with Crippen molar-refractivity contribution in [3.8, 4) is 0 Å². The molecule has 1 N–H and O–H groups in total. The standard InChI is InChI=1S/C17H27NO2S/c1-13-8-9-16(10-14(13)2)17(18-3)12-21(19,20)11-15-6-4-5-7-15/h8-10,15,17-18H,4-7,11-12H2,1-3H3. The first-order chi connectivity index (χ1) is 9.91. The Morgan fingerprint density at radius 2 is 1.86 bits per heavy atom. The van der Waals surface area contributed by atoms with E-state index in [9.17, 15) is 8.42 Å². The fourth-order valence-electron chi connectivity index (χ4n) is 3.19. The quantitative estimate of drug-likeness (QED) is 0.878. The Bertz CT molecular complexity index is 574. The number of aryl methyl sites for hydroxylation is 2. The molecule has 0 radical (unpaired) electrons. The van der Waals surface area contributed by atoms with E-state index in [4.69, 9.17) is 0 Å². The molecule has 4 heteroatoms. The number of rotatable bonds is 6. The third-order valence-electron chi connectivity index (χ3n) is 4.67. The van der Waals surface area contributed by atoms with Gasteiger partial charge in [-0.05, 0) is 56.3 Å². The second-order valence-electron chi connectivity index (χ2n) is 6.41. The van der Waals surface area contributed by atoms with Crippen LogP contribution in [-0.2, 0) is 9.84 Å². The summed E-state index contributed by atoms with van der Waals surface area (Å²) in [6.45, 7) is 4.14. The summed E-state index contributed by atoms with van der Waals surface area (Å²) >= 11 is 0. The van der Waals surface area contributed by atoms with Gasteiger partial charge in [0, 0.05) is 6.04 Å². The zero-order chi connectivity index (χ0) is 15.5. The van der Waals surface area contributed by atoms with Crippen molar-refractivity contribution in [1.82, 2.24) is 5.32 Å². The smallest absolute Gasteiger partial charge is 0.152 e. The Labute approximate surface area is 129 Å². The average Bonchev–Trinajstić information content (AvgIpc) is 2.91. The molecule has 1 unspecified atom stereocenters. The van der Waals surface area contributed by atoms with Crippen LogP contribution in [0.15, 0.2) is 18.2 Å². The van der Waals surface area contributed by atoms with Gasteiger partial charge in [-0.1, -0.05) is 31.0 Å². The van der Waals surface area contributed by atoms with Gasteiger partial charge in [0.1, 0.15) is 0 Å². The molecule has 0 amide bonds. The van der Waals surface area contributed by atoms with Crippen molar-refractivity contribution >= 4 is 9.84 Å². The molecule has 1 saturated carbocycles. The molecular formula is C17H27NO2S. The van der Waals surface area contributed by atoms with Crippen LogP contribution in [0.4, 0.5) is 0 Å². The monoisotopic (exact) mass is 309 g/mol. The van der Waals surface area contributed by atoms with Crippen LogP contribution in [0.1, 0.15) is 48.4 Å². The van der Waals surface area contributed by atoms with Gasteiger partial charge in [-0.15, -0.1) is 0 Å². The van der Waals surface area contributed by atoms with Crippen LogP contribution in [0.25, 0.3) is 0 Å². The molecule has 3 nitrogen and oxygen atoms in total. The lowest BCUT2D eigenvalue weighted by atomic mass is 10.0. The maximum absolute atomic E-state index is 12.4. The summed E-state index contributed by atoms with van der Waals surface area (Å²) in [5.74, 6) is 0.936. The Balaban J connectivity index is 2.08. The van der Waals surface area contributed by atoms with Gasteiger partial charge in [0.15, 0.2) is 9.84 Å². The van der Waals surface area contributed by atoms with Gasteiger partial charge >= 0.3 is 0 Å². The summed E-state index contributed by atoms with van der Waals surface area (Å²) in [7, 11) is -1.17. The first-order valence-corrected chi connectivity index (χ1v) is 9.68. The molecule has 1 aliphatic rings. The summed E-state index contributed by atoms with van der Waals surface area (Å²) in [6.07, 6.45) is 4.53. The number of hydrogen-bond donors (Lipinski definition) is 1. The highest BCUT2D eigenvalue weighted by atomic mass is 32.2. The number of nitrogens with one attached hydrogen (secondary N) is 1. The molecule has 1 aromatic rings. The van der Waals surface area contributed by atoms with Crippen molar-refractivity contribution in [2.75, 3.05) is 18.6 Å². The molecule has 0 saturated heterocycles. The number of benzene rings is 1. The van der Waals surface area contributed by atoms with Crippen molar-refractivity contribution in [2.45, 2.75) is 45.6 Å². The molecule has 118 valence electrons. The topological polar surface area (TPSA) is 46.2 Å². The summed E-state index contributed by atoms with van der Waals surface area (Å²) < 4.78 is 24.9. The lowest BCUT2D eigenvalue weighted by Gasteiger charge is -2.19. The van der Waals surface area contributed by atoms with Crippen molar-refractivity contribution in [2.24, 2.45) is 5.92 Å². The van der Waals surface area contributed by atoms with Crippen LogP contribution in [-0.4, -0.2) is 27.0 Å². The van der Waals surface area contributed by atoms with Gasteiger partial charge in [-0.25, -0.2) is 8.42 Å². The predicted molar refractivity (Wildman–Crippen MR) is 88.3 cm³/mol. The molecule has 0 bridgehead atoms. The second-order valence-corrected chi connectivity index (χ2v) is 8.57. The van der Waals surface area contributed by atoms with Crippen LogP contribution in [0.5, 0.6) is 0 Å². The van der Waals surface area contributed by atoms with Crippen molar-refractivity contribution in [1.29, 1.82) is 0 Å². The molecule has 0 aromatic heterocycles. The summed E-state index contributed by atoms with van der Waals surface area (Å²) in [5, 5.41) is 3.17. The van der Waals surface area contributed by atoms with E-state index < -0.39 is 9.84 Å². The minimum Gasteiger partial charge on any atom is -0.312 e. The van der Waals surface area contributed by atoms with E-state index >= 15 is 0 Å². The minimum absolute atomic E-state index is 0.115. The highest BCUT2D eigenvalue weighted by molar-refractivity contribution is 7.91. The Morgan fingerprint density at radius 3 is 2.43 bits per heavy atom. The molecule has 0 spiro atoms. The Kier molecular flexibility index (Phi) is 5.44. The van der Waals surface area contributed by atoms with E-state index in [0.717, 1.165) is 18.4 Å². The fourth-order valence-corrected chi connectivity index (χ4v) is 5.24. The molecule has 21 heavy (non-hydrogen) atoms. The molecule has 2 rings (SSSR count). The third-order valence-corrected chi connectivity index (χ3v) is 6.49. The van der Waals surface area contributed by atoms with Crippen molar-refractivity contribution in [3.63, 3.8) is 0 Å². The molecule has 0 aliphatic heterocycles. The maximum Gasteiger partial charge on any atom is 0.152 e. The predicted octanol–water partition coefficient (Wildman–Crippen LogP) is 3.17. The van der Waals surface area contributed by atoms with Crippen LogP contribution < -0.4 is 5.32 Å². The molecule has 1 fully saturated rings. The maximum atomic E-state index is 12.4. The molecule has 1 atom stereocenters. The first kappa shape index (κ1) is 16.5. The SMILES string of the molecule is CNC(CS(=O)(=O)CC1CCCC1)c1ccc(C)c(C)c1. The highest BCUT2D eigenvalue weighted by Crippen LogP contribution is 2.27. The van der Waals surface area contributed by atoms with E-state index in [1.54, 1.807) is 0 Å². The molecule has 1 aliphatic carbocycles. The van der Waals surface area contributed by atoms with Crippen LogP contribution in [0.2, 0.25) is 0 Å². The van der Waals surface area contributed by atoms with Crippen LogP contribution in [0, 0.1) is 19.8 Å². The van der Waals surface area contributed by atoms with Crippen molar-refractivity contribution in [3.05, 3.63) is 34.9 Å². The van der Waals surface area contributed by atoms with Gasteiger partial charge in [-0.3, -0.25) is 0 Å². The number of sulfone groups is 1. The van der Waals surface area contributed by atoms with E-state index in [1.165, 1.54) is 24.0 Å². The zero-order valence-corrected chi connectivity index (χ0v) is 14.2. The lowest BCUT2D eigenvalue weighted by Crippen LogP contribution is -2.28. The zero-order valence-electron chi connectivity index (χ0n) is 13.4. The van der Waals surface area contributed by atoms with E-state index in [0.29, 0.717) is 11.7 Å². The largest absolute Gasteiger partial charge is 0.312 e. The van der Waals surface area contributed by atoms with Crippen molar-refractivity contribution < 1.29 is 8.42 Å².